The Bertz CT molecular complexity index is 90.1. The molecule has 0 amide bonds. The van der Waals surface area contributed by atoms with Gasteiger partial charge in [0.05, 0.1) is 0 Å². The molecule has 2 heteroatoms. The molecule has 1 fully saturated rings. The van der Waals surface area contributed by atoms with Gasteiger partial charge in [0.25, 0.3) is 0 Å². The van der Waals surface area contributed by atoms with Gasteiger partial charge in [0.15, 0.2) is 12.6 Å². The summed E-state index contributed by atoms with van der Waals surface area (Å²) in [6, 6.07) is 0.292. The highest BCUT2D eigenvalue weighted by molar-refractivity contribution is 4.53. The Morgan fingerprint density at radius 3 is 2.57 bits per heavy atom. The van der Waals surface area contributed by atoms with Crippen LogP contribution in [0, 0.1) is 4.91 Å². The molecule has 1 rings (SSSR count). The molecule has 2 nitrogen and oxygen atoms in total. The fraction of sp³-hybridized carbons (Fsp3) is 1.00. The molecule has 0 saturated carbocycles. The zero-order valence-electron chi connectivity index (χ0n) is 4.55. The van der Waals surface area contributed by atoms with Gasteiger partial charge in [-0.2, -0.15) is 0 Å². The van der Waals surface area contributed by atoms with Crippen molar-refractivity contribution in [1.29, 1.82) is 0 Å². The summed E-state index contributed by atoms with van der Waals surface area (Å²) >= 11 is 0. The topological polar surface area (TPSA) is 20.1 Å². The molecule has 1 heterocycles. The van der Waals surface area contributed by atoms with E-state index in [1.807, 2.05) is 6.92 Å². The highest BCUT2D eigenvalue weighted by Gasteiger charge is 2.25. The largest absolute Gasteiger partial charge is 0.198 e. The van der Waals surface area contributed by atoms with Gasteiger partial charge in [-0.05, 0) is 0 Å². The molecular formula is C5H10NO+. The normalized spacial score (nSPS) is 31.6. The van der Waals surface area contributed by atoms with E-state index in [4.69, 9.17) is 0 Å². The lowest BCUT2D eigenvalue weighted by Crippen LogP contribution is -2.10. The van der Waals surface area contributed by atoms with E-state index in [0.29, 0.717) is 6.04 Å². The van der Waals surface area contributed by atoms with Crippen molar-refractivity contribution in [1.82, 2.24) is 0 Å². The van der Waals surface area contributed by atoms with Gasteiger partial charge in [0, 0.05) is 29.4 Å². The van der Waals surface area contributed by atoms with E-state index >= 15 is 0 Å². The molecule has 7 heavy (non-hydrogen) atoms. The number of hydrogen-bond acceptors (Lipinski definition) is 1. The maximum atomic E-state index is 10.5. The quantitative estimate of drug-likeness (QED) is 0.415. The summed E-state index contributed by atoms with van der Waals surface area (Å²) in [4.78, 5) is 10.5. The van der Waals surface area contributed by atoms with Gasteiger partial charge in [-0.3, -0.25) is 0 Å². The standard InChI is InChI=1S/C5H10NO/c1-5-3-2-4-6(5)7/h5H,2-4H2,1H3/q+1. The zero-order chi connectivity index (χ0) is 5.28. The van der Waals surface area contributed by atoms with Crippen molar-refractivity contribution in [2.24, 2.45) is 0 Å². The molecule has 0 aromatic rings. The van der Waals surface area contributed by atoms with Gasteiger partial charge < -0.3 is 0 Å². The van der Waals surface area contributed by atoms with Crippen LogP contribution in [0.15, 0.2) is 0 Å². The molecule has 40 valence electrons. The molecule has 0 N–H and O–H groups in total. The maximum Gasteiger partial charge on any atom is 0.198 e. The molecule has 1 saturated heterocycles. The van der Waals surface area contributed by atoms with Crippen LogP contribution in [0.3, 0.4) is 0 Å². The predicted molar refractivity (Wildman–Crippen MR) is 27.2 cm³/mol. The monoisotopic (exact) mass is 100 g/mol. The SMILES string of the molecule is CC1CCC[N+]1=O. The van der Waals surface area contributed by atoms with Crippen LogP contribution in [-0.2, 0) is 0 Å². The van der Waals surface area contributed by atoms with Crippen molar-refractivity contribution >= 4 is 0 Å². The van der Waals surface area contributed by atoms with Crippen LogP contribution < -0.4 is 0 Å². The van der Waals surface area contributed by atoms with Crippen molar-refractivity contribution in [3.05, 3.63) is 4.91 Å². The Kier molecular flexibility index (Phi) is 1.09. The summed E-state index contributed by atoms with van der Waals surface area (Å²) in [5.41, 5.74) is 0. The molecule has 0 bridgehead atoms. The number of nitrogens with zero attached hydrogens (tertiary/aromatic N) is 1. The van der Waals surface area contributed by atoms with Gasteiger partial charge >= 0.3 is 0 Å². The van der Waals surface area contributed by atoms with Crippen molar-refractivity contribution < 1.29 is 4.76 Å². The van der Waals surface area contributed by atoms with Gasteiger partial charge in [-0.1, -0.05) is 0 Å². The van der Waals surface area contributed by atoms with E-state index in [0.717, 1.165) is 24.1 Å². The first-order valence-electron chi connectivity index (χ1n) is 2.74. The van der Waals surface area contributed by atoms with E-state index in [2.05, 4.69) is 0 Å². The Hall–Kier alpha value is -0.400. The summed E-state index contributed by atoms with van der Waals surface area (Å²) in [6.07, 6.45) is 2.17. The molecule has 0 aromatic heterocycles. The molecule has 1 aliphatic rings. The molecule has 0 radical (unpaired) electrons. The molecule has 1 atom stereocenters. The van der Waals surface area contributed by atoms with Crippen LogP contribution >= 0.6 is 0 Å². The lowest BCUT2D eigenvalue weighted by Gasteiger charge is -1.83. The minimum atomic E-state index is 0.292. The predicted octanol–water partition coefficient (Wildman–Crippen LogP) is 0.948. The lowest BCUT2D eigenvalue weighted by molar-refractivity contribution is -0.560. The second-order valence-electron chi connectivity index (χ2n) is 2.13. The summed E-state index contributed by atoms with van der Waals surface area (Å²) in [5, 5.41) is 0. The third-order valence-corrected chi connectivity index (χ3v) is 1.49. The van der Waals surface area contributed by atoms with Crippen molar-refractivity contribution in [2.45, 2.75) is 25.8 Å². The van der Waals surface area contributed by atoms with Gasteiger partial charge in [-0.15, -0.1) is 0 Å². The smallest absolute Gasteiger partial charge is 0.000543 e. The summed E-state index contributed by atoms with van der Waals surface area (Å²) in [6.45, 7) is 2.72. The minimum absolute atomic E-state index is 0.292. The average Bonchev–Trinajstić information content (AvgIpc) is 1.91. The van der Waals surface area contributed by atoms with Crippen molar-refractivity contribution in [3.8, 4) is 0 Å². The minimum Gasteiger partial charge on any atom is 0.000543 e. The number of nitroso groups, excluding NO2 is 1. The first-order chi connectivity index (χ1) is 3.30. The zero-order valence-corrected chi connectivity index (χ0v) is 4.55. The van der Waals surface area contributed by atoms with E-state index in [-0.39, 0.29) is 0 Å². The van der Waals surface area contributed by atoms with E-state index in [9.17, 15) is 4.91 Å². The van der Waals surface area contributed by atoms with Crippen molar-refractivity contribution in [2.75, 3.05) is 6.54 Å². The van der Waals surface area contributed by atoms with Crippen LogP contribution in [0.2, 0.25) is 0 Å². The highest BCUT2D eigenvalue weighted by atomic mass is 16.3. The van der Waals surface area contributed by atoms with Crippen LogP contribution in [0.5, 0.6) is 0 Å². The Labute approximate surface area is 43.1 Å². The van der Waals surface area contributed by atoms with Crippen LogP contribution in [0.1, 0.15) is 19.8 Å². The average molecular weight is 100 g/mol. The van der Waals surface area contributed by atoms with Crippen LogP contribution in [-0.4, -0.2) is 17.3 Å². The second kappa shape index (κ2) is 1.60. The second-order valence-corrected chi connectivity index (χ2v) is 2.13. The van der Waals surface area contributed by atoms with Crippen LogP contribution in [0.25, 0.3) is 0 Å². The Balaban J connectivity index is 2.48. The number of rotatable bonds is 0. The fourth-order valence-corrected chi connectivity index (χ4v) is 0.907. The fourth-order valence-electron chi connectivity index (χ4n) is 0.907. The Morgan fingerprint density at radius 1 is 1.71 bits per heavy atom. The van der Waals surface area contributed by atoms with Crippen LogP contribution in [0.4, 0.5) is 0 Å². The van der Waals surface area contributed by atoms with Gasteiger partial charge in [-0.25, -0.2) is 0 Å². The van der Waals surface area contributed by atoms with Gasteiger partial charge in [0.1, 0.15) is 0 Å². The van der Waals surface area contributed by atoms with Gasteiger partial charge in [0.2, 0.25) is 0 Å². The van der Waals surface area contributed by atoms with E-state index in [1.54, 1.807) is 0 Å². The third kappa shape index (κ3) is 0.787. The molecule has 0 spiro atoms. The van der Waals surface area contributed by atoms with E-state index < -0.39 is 0 Å². The molecular weight excluding hydrogens is 90.1 g/mol. The molecule has 0 aromatic carbocycles. The first-order valence-corrected chi connectivity index (χ1v) is 2.74. The summed E-state index contributed by atoms with van der Waals surface area (Å²) in [7, 11) is 0. The summed E-state index contributed by atoms with van der Waals surface area (Å²) in [5.74, 6) is 0. The van der Waals surface area contributed by atoms with Crippen molar-refractivity contribution in [3.63, 3.8) is 0 Å². The summed E-state index contributed by atoms with van der Waals surface area (Å²) < 4.78 is 1.15. The first kappa shape index (κ1) is 4.75. The lowest BCUT2D eigenvalue weighted by atomic mass is 10.3. The molecule has 1 aliphatic heterocycles. The molecule has 1 unspecified atom stereocenters. The highest BCUT2D eigenvalue weighted by Crippen LogP contribution is 2.08. The third-order valence-electron chi connectivity index (χ3n) is 1.49. The molecule has 0 aliphatic carbocycles. The van der Waals surface area contributed by atoms with E-state index in [1.165, 1.54) is 0 Å². The number of hydrogen-bond donors (Lipinski definition) is 0. The maximum absolute atomic E-state index is 10.5. The Morgan fingerprint density at radius 2 is 2.43 bits per heavy atom.